The molecule has 7 nitrogen and oxygen atoms in total. The van der Waals surface area contributed by atoms with Gasteiger partial charge < -0.3 is 19.2 Å². The number of anilines is 1. The molecule has 0 radical (unpaired) electrons. The Kier molecular flexibility index (Phi) is 4.67. The molecule has 26 heavy (non-hydrogen) atoms. The molecule has 0 spiro atoms. The molecule has 0 aliphatic heterocycles. The maximum Gasteiger partial charge on any atom is 0.311 e. The van der Waals surface area contributed by atoms with E-state index in [0.29, 0.717) is 17.2 Å². The van der Waals surface area contributed by atoms with Gasteiger partial charge in [0.1, 0.15) is 11.5 Å². The summed E-state index contributed by atoms with van der Waals surface area (Å²) in [6.45, 7) is 1.84. The summed E-state index contributed by atoms with van der Waals surface area (Å²) in [5.74, 6) is -1.68. The first-order valence-corrected chi connectivity index (χ1v) is 8.15. The zero-order valence-electron chi connectivity index (χ0n) is 14.4. The summed E-state index contributed by atoms with van der Waals surface area (Å²) >= 11 is 0. The molecule has 0 unspecified atom stereocenters. The van der Waals surface area contributed by atoms with E-state index >= 15 is 0 Å². The summed E-state index contributed by atoms with van der Waals surface area (Å²) in [6.07, 6.45) is 1.44. The van der Waals surface area contributed by atoms with Crippen molar-refractivity contribution < 1.29 is 23.5 Å². The Labute approximate surface area is 150 Å². The van der Waals surface area contributed by atoms with Crippen LogP contribution in [0.5, 0.6) is 5.75 Å². The van der Waals surface area contributed by atoms with E-state index in [1.54, 1.807) is 50.4 Å². The van der Waals surface area contributed by atoms with Crippen LogP contribution in [0.3, 0.4) is 0 Å². The van der Waals surface area contributed by atoms with Crippen LogP contribution in [0.15, 0.2) is 47.1 Å². The van der Waals surface area contributed by atoms with Crippen molar-refractivity contribution in [1.82, 2.24) is 0 Å². The van der Waals surface area contributed by atoms with Crippen LogP contribution in [0.1, 0.15) is 18.6 Å². The summed E-state index contributed by atoms with van der Waals surface area (Å²) in [6, 6.07) is 12.0. The Bertz CT molecular complexity index is 838. The van der Waals surface area contributed by atoms with E-state index in [1.165, 1.54) is 6.26 Å². The molecule has 1 aromatic heterocycles. The first-order chi connectivity index (χ1) is 12.6. The maximum absolute atomic E-state index is 12.9. The Morgan fingerprint density at radius 3 is 2.58 bits per heavy atom. The summed E-state index contributed by atoms with van der Waals surface area (Å²) in [5.41, 5.74) is -1.07. The highest BCUT2D eigenvalue weighted by Gasteiger charge is 2.76. The van der Waals surface area contributed by atoms with Crippen LogP contribution in [-0.2, 0) is 14.3 Å². The number of nitriles is 1. The lowest BCUT2D eigenvalue weighted by atomic mass is 10.0. The Morgan fingerprint density at radius 2 is 2.04 bits per heavy atom. The van der Waals surface area contributed by atoms with Crippen molar-refractivity contribution in [3.63, 3.8) is 0 Å². The average Bonchev–Trinajstić information content (AvgIpc) is 3.05. The maximum atomic E-state index is 12.9. The number of amides is 1. The predicted molar refractivity (Wildman–Crippen MR) is 91.2 cm³/mol. The number of carbonyl (C=O) groups excluding carboxylic acids is 2. The van der Waals surface area contributed by atoms with Gasteiger partial charge >= 0.3 is 5.97 Å². The molecule has 2 aromatic rings. The number of hydrogen-bond acceptors (Lipinski definition) is 6. The largest absolute Gasteiger partial charge is 0.497 e. The van der Waals surface area contributed by atoms with Gasteiger partial charge in [0.15, 0.2) is 5.41 Å². The van der Waals surface area contributed by atoms with E-state index in [4.69, 9.17) is 13.9 Å². The van der Waals surface area contributed by atoms with Crippen molar-refractivity contribution in [2.75, 3.05) is 19.0 Å². The van der Waals surface area contributed by atoms with Gasteiger partial charge in [-0.15, -0.1) is 0 Å². The summed E-state index contributed by atoms with van der Waals surface area (Å²) in [4.78, 5) is 25.2. The highest BCUT2D eigenvalue weighted by molar-refractivity contribution is 6.06. The Hall–Kier alpha value is -3.27. The molecule has 1 saturated carbocycles. The molecule has 1 amide bonds. The highest BCUT2D eigenvalue weighted by Crippen LogP contribution is 2.65. The third kappa shape index (κ3) is 2.80. The number of ether oxygens (including phenoxy) is 2. The highest BCUT2D eigenvalue weighted by atomic mass is 16.5. The van der Waals surface area contributed by atoms with Gasteiger partial charge in [-0.2, -0.15) is 5.26 Å². The average molecular weight is 354 g/mol. The van der Waals surface area contributed by atoms with Crippen molar-refractivity contribution in [2.45, 2.75) is 12.8 Å². The van der Waals surface area contributed by atoms with Crippen LogP contribution in [0.4, 0.5) is 5.69 Å². The molecule has 1 aromatic carbocycles. The number of nitrogens with one attached hydrogen (secondary N) is 1. The normalized spacial score (nSPS) is 23.6. The molecular weight excluding hydrogens is 336 g/mol. The fourth-order valence-corrected chi connectivity index (χ4v) is 3.18. The molecule has 134 valence electrons. The summed E-state index contributed by atoms with van der Waals surface area (Å²) in [5, 5.41) is 12.5. The standard InChI is InChI=1S/C19H18N2O5/c1-3-25-17(22)16-15(14-5-4-10-26-14)19(16,11-20)18(23)21-12-6-8-13(24-2)9-7-12/h4-10,15-16H,3H2,1-2H3,(H,21,23)/t15-,16-,19+/m1/s1. The second-order valence-corrected chi connectivity index (χ2v) is 5.89. The van der Waals surface area contributed by atoms with Crippen molar-refractivity contribution >= 4 is 17.6 Å². The van der Waals surface area contributed by atoms with E-state index in [0.717, 1.165) is 0 Å². The quantitative estimate of drug-likeness (QED) is 0.800. The monoisotopic (exact) mass is 354 g/mol. The summed E-state index contributed by atoms with van der Waals surface area (Å²) in [7, 11) is 1.54. The van der Waals surface area contributed by atoms with Gasteiger partial charge in [-0.1, -0.05) is 0 Å². The number of esters is 1. The van der Waals surface area contributed by atoms with Crippen LogP contribution in [-0.4, -0.2) is 25.6 Å². The van der Waals surface area contributed by atoms with Gasteiger partial charge in [-0.25, -0.2) is 0 Å². The van der Waals surface area contributed by atoms with Crippen LogP contribution in [0.25, 0.3) is 0 Å². The minimum absolute atomic E-state index is 0.168. The second kappa shape index (κ2) is 6.92. The molecule has 1 aliphatic rings. The Morgan fingerprint density at radius 1 is 1.31 bits per heavy atom. The number of carbonyl (C=O) groups is 2. The van der Waals surface area contributed by atoms with Crippen LogP contribution >= 0.6 is 0 Å². The van der Waals surface area contributed by atoms with Crippen LogP contribution in [0, 0.1) is 22.7 Å². The van der Waals surface area contributed by atoms with Crippen molar-refractivity contribution in [3.8, 4) is 11.8 Å². The third-order valence-corrected chi connectivity index (χ3v) is 4.50. The molecule has 1 fully saturated rings. The Balaban J connectivity index is 1.88. The molecule has 1 N–H and O–H groups in total. The number of rotatable bonds is 6. The second-order valence-electron chi connectivity index (χ2n) is 5.89. The number of methoxy groups -OCH3 is 1. The lowest BCUT2D eigenvalue weighted by Gasteiger charge is -2.11. The fourth-order valence-electron chi connectivity index (χ4n) is 3.18. The van der Waals surface area contributed by atoms with E-state index in [9.17, 15) is 14.9 Å². The van der Waals surface area contributed by atoms with E-state index < -0.39 is 29.1 Å². The molecule has 7 heteroatoms. The lowest BCUT2D eigenvalue weighted by Crippen LogP contribution is -2.27. The van der Waals surface area contributed by atoms with Gasteiger partial charge in [-0.05, 0) is 43.3 Å². The summed E-state index contributed by atoms with van der Waals surface area (Å²) < 4.78 is 15.5. The zero-order valence-corrected chi connectivity index (χ0v) is 14.4. The third-order valence-electron chi connectivity index (χ3n) is 4.50. The van der Waals surface area contributed by atoms with Gasteiger partial charge in [-0.3, -0.25) is 9.59 Å². The van der Waals surface area contributed by atoms with Crippen molar-refractivity contribution in [1.29, 1.82) is 5.26 Å². The van der Waals surface area contributed by atoms with Crippen LogP contribution in [0.2, 0.25) is 0 Å². The van der Waals surface area contributed by atoms with Crippen molar-refractivity contribution in [3.05, 3.63) is 48.4 Å². The topological polar surface area (TPSA) is 102 Å². The molecule has 3 atom stereocenters. The molecular formula is C19H18N2O5. The van der Waals surface area contributed by atoms with E-state index in [-0.39, 0.29) is 6.61 Å². The molecule has 1 aliphatic carbocycles. The van der Waals surface area contributed by atoms with Gasteiger partial charge in [0.2, 0.25) is 5.91 Å². The van der Waals surface area contributed by atoms with Gasteiger partial charge in [0.05, 0.1) is 37.9 Å². The number of nitrogens with zero attached hydrogens (tertiary/aromatic N) is 1. The lowest BCUT2D eigenvalue weighted by molar-refractivity contribution is -0.146. The molecule has 1 heterocycles. The predicted octanol–water partition coefficient (Wildman–Crippen LogP) is 2.71. The van der Waals surface area contributed by atoms with Crippen LogP contribution < -0.4 is 10.1 Å². The first kappa shape index (κ1) is 17.5. The molecule has 0 saturated heterocycles. The smallest absolute Gasteiger partial charge is 0.311 e. The number of hydrogen-bond donors (Lipinski definition) is 1. The molecule has 0 bridgehead atoms. The van der Waals surface area contributed by atoms with Gasteiger partial charge in [0.25, 0.3) is 0 Å². The van der Waals surface area contributed by atoms with Gasteiger partial charge in [0, 0.05) is 5.69 Å². The number of furan rings is 1. The minimum atomic E-state index is -1.57. The fraction of sp³-hybridized carbons (Fsp3) is 0.316. The van der Waals surface area contributed by atoms with Crippen molar-refractivity contribution in [2.24, 2.45) is 11.3 Å². The molecule has 3 rings (SSSR count). The minimum Gasteiger partial charge on any atom is -0.497 e. The first-order valence-electron chi connectivity index (χ1n) is 8.15. The van der Waals surface area contributed by atoms with E-state index in [1.807, 2.05) is 6.07 Å². The zero-order chi connectivity index (χ0) is 18.7. The SMILES string of the molecule is CCOC(=O)[C@H]1[C@@H](c2ccco2)[C@]1(C#N)C(=O)Nc1ccc(OC)cc1. The van der Waals surface area contributed by atoms with E-state index in [2.05, 4.69) is 5.32 Å². The number of benzene rings is 1.